The molecule has 6 heteroatoms. The highest BCUT2D eigenvalue weighted by atomic mass is 31.2. The second-order valence-corrected chi connectivity index (χ2v) is 4.06. The Labute approximate surface area is 65.9 Å². The molecule has 66 valence electrons. The Morgan fingerprint density at radius 2 is 1.73 bits per heavy atom. The van der Waals surface area contributed by atoms with E-state index in [9.17, 15) is 4.57 Å². The average molecular weight is 181 g/mol. The number of nitrogens with zero attached hydrogens (tertiary/aromatic N) is 1. The van der Waals surface area contributed by atoms with Crippen LogP contribution >= 0.6 is 7.60 Å². The Morgan fingerprint density at radius 3 is 2.00 bits per heavy atom. The maximum atomic E-state index is 11.4. The number of rotatable bonds is 4. The molecule has 0 heterocycles. The van der Waals surface area contributed by atoms with Crippen molar-refractivity contribution in [1.82, 2.24) is 0 Å². The fourth-order valence-corrected chi connectivity index (χ4v) is 1.38. The van der Waals surface area contributed by atoms with Crippen LogP contribution < -0.4 is 0 Å². The second kappa shape index (κ2) is 4.49. The number of hydrogen-bond donors (Lipinski definition) is 0. The summed E-state index contributed by atoms with van der Waals surface area (Å²) >= 11 is 0. The van der Waals surface area contributed by atoms with Gasteiger partial charge < -0.3 is 13.9 Å². The van der Waals surface area contributed by atoms with Crippen LogP contribution in [0.3, 0.4) is 0 Å². The van der Waals surface area contributed by atoms with Crippen LogP contribution in [0.2, 0.25) is 0 Å². The van der Waals surface area contributed by atoms with Gasteiger partial charge in [0.25, 0.3) is 0 Å². The molecule has 0 bridgehead atoms. The quantitative estimate of drug-likeness (QED) is 0.374. The van der Waals surface area contributed by atoms with Gasteiger partial charge in [0.05, 0.1) is 0 Å². The number of hydrogen-bond acceptors (Lipinski definition) is 5. The molecule has 0 N–H and O–H groups in total. The van der Waals surface area contributed by atoms with E-state index in [2.05, 4.69) is 19.0 Å². The average Bonchev–Trinajstić information content (AvgIpc) is 2.03. The summed E-state index contributed by atoms with van der Waals surface area (Å²) in [4.78, 5) is 4.41. The second-order valence-electron chi connectivity index (χ2n) is 1.68. The molecule has 0 saturated heterocycles. The number of oxime groups is 1. The fourth-order valence-electron chi connectivity index (χ4n) is 0.521. The van der Waals surface area contributed by atoms with Gasteiger partial charge in [0.2, 0.25) is 0 Å². The first kappa shape index (κ1) is 10.6. The maximum absolute atomic E-state index is 11.4. The van der Waals surface area contributed by atoms with Crippen molar-refractivity contribution in [2.75, 3.05) is 21.3 Å². The SMILES string of the molecule is CO/N=C(\C)P(=O)(OC)OC. The lowest BCUT2D eigenvalue weighted by Crippen LogP contribution is -1.99. The molecule has 11 heavy (non-hydrogen) atoms. The molecule has 0 radical (unpaired) electrons. The molecule has 5 nitrogen and oxygen atoms in total. The van der Waals surface area contributed by atoms with Crippen molar-refractivity contribution in [3.63, 3.8) is 0 Å². The summed E-state index contributed by atoms with van der Waals surface area (Å²) in [5, 5.41) is 3.44. The van der Waals surface area contributed by atoms with Crippen molar-refractivity contribution in [2.24, 2.45) is 5.16 Å². The molecule has 0 saturated carbocycles. The van der Waals surface area contributed by atoms with E-state index in [0.717, 1.165) is 0 Å². The molecule has 0 amide bonds. The van der Waals surface area contributed by atoms with Crippen molar-refractivity contribution in [3.05, 3.63) is 0 Å². The van der Waals surface area contributed by atoms with E-state index < -0.39 is 7.60 Å². The summed E-state index contributed by atoms with van der Waals surface area (Å²) in [5.41, 5.74) is 0.199. The van der Waals surface area contributed by atoms with Crippen molar-refractivity contribution in [1.29, 1.82) is 0 Å². The Hall–Kier alpha value is -0.380. The first-order chi connectivity index (χ1) is 5.10. The molecule has 0 aliphatic carbocycles. The predicted octanol–water partition coefficient (Wildman–Crippen LogP) is 1.45. The van der Waals surface area contributed by atoms with Gasteiger partial charge in [-0.2, -0.15) is 0 Å². The van der Waals surface area contributed by atoms with Gasteiger partial charge in [0.1, 0.15) is 7.11 Å². The summed E-state index contributed by atoms with van der Waals surface area (Å²) in [6.45, 7) is 1.51. The van der Waals surface area contributed by atoms with Gasteiger partial charge in [-0.25, -0.2) is 0 Å². The van der Waals surface area contributed by atoms with E-state index >= 15 is 0 Å². The van der Waals surface area contributed by atoms with E-state index in [1.54, 1.807) is 0 Å². The van der Waals surface area contributed by atoms with Crippen LogP contribution in [0.1, 0.15) is 6.92 Å². The summed E-state index contributed by atoms with van der Waals surface area (Å²) in [5.74, 6) is 0. The largest absolute Gasteiger partial charge is 0.399 e. The Bertz CT molecular complexity index is 183. The Morgan fingerprint density at radius 1 is 1.27 bits per heavy atom. The lowest BCUT2D eigenvalue weighted by atomic mass is 10.9. The van der Waals surface area contributed by atoms with Gasteiger partial charge in [0, 0.05) is 14.2 Å². The van der Waals surface area contributed by atoms with Gasteiger partial charge in [-0.1, -0.05) is 5.16 Å². The zero-order valence-corrected chi connectivity index (χ0v) is 7.92. The monoisotopic (exact) mass is 181 g/mol. The van der Waals surface area contributed by atoms with Crippen molar-refractivity contribution < 1.29 is 18.5 Å². The molecule has 0 rings (SSSR count). The third kappa shape index (κ3) is 2.61. The van der Waals surface area contributed by atoms with E-state index in [-0.39, 0.29) is 5.45 Å². The highest BCUT2D eigenvalue weighted by Gasteiger charge is 2.26. The Balaban J connectivity index is 4.51. The fraction of sp³-hybridized carbons (Fsp3) is 0.800. The summed E-state index contributed by atoms with van der Waals surface area (Å²) in [6, 6.07) is 0. The summed E-state index contributed by atoms with van der Waals surface area (Å²) in [7, 11) is 0.778. The molecule has 0 aromatic heterocycles. The smallest absolute Gasteiger partial charge is 0.377 e. The molecule has 0 aliphatic rings. The lowest BCUT2D eigenvalue weighted by molar-refractivity contribution is 0.212. The Kier molecular flexibility index (Phi) is 4.33. The first-order valence-corrected chi connectivity index (χ1v) is 4.44. The van der Waals surface area contributed by atoms with Crippen LogP contribution in [0.4, 0.5) is 0 Å². The van der Waals surface area contributed by atoms with Crippen LogP contribution in [0.15, 0.2) is 5.16 Å². The van der Waals surface area contributed by atoms with Crippen molar-refractivity contribution in [2.45, 2.75) is 6.92 Å². The van der Waals surface area contributed by atoms with E-state index in [1.807, 2.05) is 0 Å². The molecule has 0 aromatic carbocycles. The normalized spacial score (nSPS) is 13.3. The van der Waals surface area contributed by atoms with Crippen LogP contribution in [0.25, 0.3) is 0 Å². The van der Waals surface area contributed by atoms with Crippen LogP contribution in [-0.2, 0) is 18.5 Å². The van der Waals surface area contributed by atoms with Gasteiger partial charge in [-0.15, -0.1) is 0 Å². The minimum atomic E-state index is -3.16. The molecule has 0 aromatic rings. The zero-order valence-electron chi connectivity index (χ0n) is 7.03. The lowest BCUT2D eigenvalue weighted by Gasteiger charge is -2.11. The van der Waals surface area contributed by atoms with Gasteiger partial charge in [0.15, 0.2) is 5.45 Å². The van der Waals surface area contributed by atoms with Crippen LogP contribution in [0, 0.1) is 0 Å². The molecule has 0 spiro atoms. The minimum Gasteiger partial charge on any atom is -0.399 e. The van der Waals surface area contributed by atoms with Crippen LogP contribution in [-0.4, -0.2) is 26.8 Å². The first-order valence-electron chi connectivity index (χ1n) is 2.90. The van der Waals surface area contributed by atoms with Gasteiger partial charge in [-0.3, -0.25) is 4.57 Å². The molecule has 0 fully saturated rings. The van der Waals surface area contributed by atoms with Crippen molar-refractivity contribution >= 4 is 13.0 Å². The minimum absolute atomic E-state index is 0.199. The molecular weight excluding hydrogens is 169 g/mol. The third-order valence-corrected chi connectivity index (χ3v) is 2.94. The molecule has 0 unspecified atom stereocenters. The highest BCUT2D eigenvalue weighted by Crippen LogP contribution is 2.47. The van der Waals surface area contributed by atoms with E-state index in [4.69, 9.17) is 0 Å². The summed E-state index contributed by atoms with van der Waals surface area (Å²) < 4.78 is 20.6. The van der Waals surface area contributed by atoms with E-state index in [1.165, 1.54) is 28.3 Å². The standard InChI is InChI=1S/C5H12NO4P/c1-5(6-8-2)11(7,9-3)10-4/h1-4H3/b6-5+. The van der Waals surface area contributed by atoms with Crippen molar-refractivity contribution in [3.8, 4) is 0 Å². The maximum Gasteiger partial charge on any atom is 0.377 e. The molecule has 0 atom stereocenters. The third-order valence-electron chi connectivity index (χ3n) is 1.10. The van der Waals surface area contributed by atoms with Gasteiger partial charge in [-0.05, 0) is 6.92 Å². The highest BCUT2D eigenvalue weighted by molar-refractivity contribution is 7.72. The molecular formula is C5H12NO4P. The summed E-state index contributed by atoms with van der Waals surface area (Å²) in [6.07, 6.45) is 0. The van der Waals surface area contributed by atoms with Gasteiger partial charge >= 0.3 is 7.60 Å². The van der Waals surface area contributed by atoms with E-state index in [0.29, 0.717) is 0 Å². The predicted molar refractivity (Wildman–Crippen MR) is 41.7 cm³/mol. The topological polar surface area (TPSA) is 57.1 Å². The molecule has 0 aliphatic heterocycles. The van der Waals surface area contributed by atoms with Crippen LogP contribution in [0.5, 0.6) is 0 Å². The zero-order chi connectivity index (χ0) is 8.91.